The van der Waals surface area contributed by atoms with Gasteiger partial charge in [-0.1, -0.05) is 36.4 Å². The van der Waals surface area contributed by atoms with Crippen LogP contribution in [0, 0.1) is 0 Å². The average molecular weight is 511 g/mol. The number of Topliss-reactive ketones (excluding diaryl/α,β-unsaturated/α-hetero) is 1. The molecular weight excluding hydrogens is 476 g/mol. The van der Waals surface area contributed by atoms with Gasteiger partial charge in [0.25, 0.3) is 0 Å². The van der Waals surface area contributed by atoms with Crippen LogP contribution in [0.1, 0.15) is 50.8 Å². The second kappa shape index (κ2) is 11.9. The molecule has 37 heavy (non-hydrogen) atoms. The monoisotopic (exact) mass is 510 g/mol. The number of benzene rings is 1. The summed E-state index contributed by atoms with van der Waals surface area (Å²) in [6.45, 7) is 6.61. The Kier molecular flexibility index (Phi) is 8.95. The van der Waals surface area contributed by atoms with Crippen LogP contribution in [0.25, 0.3) is 5.65 Å². The topological polar surface area (TPSA) is 141 Å². The van der Waals surface area contributed by atoms with Gasteiger partial charge in [0.1, 0.15) is 18.4 Å². The number of fused-ring (bicyclic) bond motifs is 1. The molecule has 3 rings (SSSR count). The van der Waals surface area contributed by atoms with E-state index in [1.165, 1.54) is 18.9 Å². The van der Waals surface area contributed by atoms with Crippen molar-refractivity contribution in [3.63, 3.8) is 0 Å². The number of carbonyl (C=O) groups is 3. The lowest BCUT2D eigenvalue weighted by Gasteiger charge is -2.28. The number of amides is 2. The van der Waals surface area contributed by atoms with Crippen molar-refractivity contribution in [1.29, 1.82) is 0 Å². The van der Waals surface area contributed by atoms with Crippen LogP contribution in [0.2, 0.25) is 0 Å². The minimum absolute atomic E-state index is 0.0554. The summed E-state index contributed by atoms with van der Waals surface area (Å²) in [4.78, 5) is 37.8. The molecule has 2 amide bonds. The number of likely N-dealkylation sites (N-methyl/N-ethyl adjacent to an activating group) is 1. The second-order valence-corrected chi connectivity index (χ2v) is 9.56. The lowest BCUT2D eigenvalue weighted by molar-refractivity contribution is -0.127. The third-order valence-corrected chi connectivity index (χ3v) is 5.62. The largest absolute Gasteiger partial charge is 0.443 e. The quantitative estimate of drug-likeness (QED) is 0.401. The highest BCUT2D eigenvalue weighted by atomic mass is 16.6. The standard InChI is InChI=1S/C26H34N6O5/c1-17(33)14-31(5)25(35)37-16-20-12-9-13-21-29-30-23(32(20)21)22(28-24(34)26(3,4)27)18(2)36-15-19-10-7-6-8-11-19/h6-13,18,22H,14-16,27H2,1-5H3,(H,28,34)/t18-,22-/m1/s1. The van der Waals surface area contributed by atoms with Crippen LogP contribution in [0.5, 0.6) is 0 Å². The van der Waals surface area contributed by atoms with Crippen molar-refractivity contribution >= 4 is 23.4 Å². The van der Waals surface area contributed by atoms with Crippen molar-refractivity contribution < 1.29 is 23.9 Å². The van der Waals surface area contributed by atoms with E-state index in [-0.39, 0.29) is 24.8 Å². The fourth-order valence-corrected chi connectivity index (χ4v) is 3.61. The van der Waals surface area contributed by atoms with Crippen LogP contribution in [0.4, 0.5) is 4.79 Å². The van der Waals surface area contributed by atoms with Gasteiger partial charge in [-0.15, -0.1) is 10.2 Å². The molecule has 0 bridgehead atoms. The predicted octanol–water partition coefficient (Wildman–Crippen LogP) is 2.39. The first-order valence-electron chi connectivity index (χ1n) is 11.9. The molecule has 0 saturated heterocycles. The van der Waals surface area contributed by atoms with Gasteiger partial charge in [-0.25, -0.2) is 4.79 Å². The summed E-state index contributed by atoms with van der Waals surface area (Å²) in [6, 6.07) is 14.2. The Balaban J connectivity index is 1.91. The summed E-state index contributed by atoms with van der Waals surface area (Å²) in [6.07, 6.45) is -1.16. The van der Waals surface area contributed by atoms with Crippen molar-refractivity contribution in [2.24, 2.45) is 5.73 Å². The van der Waals surface area contributed by atoms with Crippen molar-refractivity contribution in [3.05, 3.63) is 65.6 Å². The molecular formula is C26H34N6O5. The van der Waals surface area contributed by atoms with E-state index in [9.17, 15) is 14.4 Å². The number of pyridine rings is 1. The predicted molar refractivity (Wildman–Crippen MR) is 136 cm³/mol. The maximum absolute atomic E-state index is 12.9. The number of nitrogens with zero attached hydrogens (tertiary/aromatic N) is 4. The minimum atomic E-state index is -1.14. The fraction of sp³-hybridized carbons (Fsp3) is 0.423. The van der Waals surface area contributed by atoms with Gasteiger partial charge in [0.15, 0.2) is 11.5 Å². The number of hydrogen-bond acceptors (Lipinski definition) is 8. The lowest BCUT2D eigenvalue weighted by Crippen LogP contribution is -2.52. The van der Waals surface area contributed by atoms with Crippen LogP contribution in [-0.4, -0.2) is 62.5 Å². The first-order valence-corrected chi connectivity index (χ1v) is 11.9. The Morgan fingerprint density at radius 2 is 1.78 bits per heavy atom. The maximum atomic E-state index is 12.9. The van der Waals surface area contributed by atoms with Crippen molar-refractivity contribution in [1.82, 2.24) is 24.8 Å². The zero-order valence-electron chi connectivity index (χ0n) is 21.8. The molecule has 0 aliphatic heterocycles. The molecule has 0 saturated carbocycles. The highest BCUT2D eigenvalue weighted by Gasteiger charge is 2.32. The third-order valence-electron chi connectivity index (χ3n) is 5.62. The molecule has 1 aromatic carbocycles. The van der Waals surface area contributed by atoms with Crippen LogP contribution < -0.4 is 11.1 Å². The van der Waals surface area contributed by atoms with E-state index in [2.05, 4.69) is 15.5 Å². The summed E-state index contributed by atoms with van der Waals surface area (Å²) in [5, 5.41) is 11.6. The van der Waals surface area contributed by atoms with Gasteiger partial charge in [0, 0.05) is 7.05 Å². The Labute approximate surface area is 215 Å². The molecule has 0 fully saturated rings. The van der Waals surface area contributed by atoms with Crippen molar-refractivity contribution in [2.75, 3.05) is 13.6 Å². The van der Waals surface area contributed by atoms with Crippen molar-refractivity contribution in [2.45, 2.75) is 58.6 Å². The zero-order chi connectivity index (χ0) is 27.2. The van der Waals surface area contributed by atoms with E-state index in [1.54, 1.807) is 36.4 Å². The average Bonchev–Trinajstić information content (AvgIpc) is 3.28. The van der Waals surface area contributed by atoms with Gasteiger partial charge in [-0.3, -0.25) is 14.0 Å². The third kappa shape index (κ3) is 7.34. The Morgan fingerprint density at radius 1 is 1.08 bits per heavy atom. The molecule has 0 unspecified atom stereocenters. The number of carbonyl (C=O) groups excluding carboxylic acids is 3. The number of aromatic nitrogens is 3. The SMILES string of the molecule is CC(=O)CN(C)C(=O)OCc1cccc2nnc([C@H](NC(=O)C(C)(C)N)[C@@H](C)OCc3ccccc3)n12. The van der Waals surface area contributed by atoms with Crippen molar-refractivity contribution in [3.8, 4) is 0 Å². The number of ether oxygens (including phenoxy) is 2. The molecule has 2 heterocycles. The second-order valence-electron chi connectivity index (χ2n) is 9.56. The van der Waals surface area contributed by atoms with Gasteiger partial charge >= 0.3 is 6.09 Å². The molecule has 3 N–H and O–H groups in total. The maximum Gasteiger partial charge on any atom is 0.410 e. The minimum Gasteiger partial charge on any atom is -0.443 e. The van der Waals surface area contributed by atoms with Gasteiger partial charge in [0.05, 0.1) is 30.5 Å². The van der Waals surface area contributed by atoms with Gasteiger partial charge in [-0.05, 0) is 45.4 Å². The number of hydrogen-bond donors (Lipinski definition) is 2. The summed E-state index contributed by atoms with van der Waals surface area (Å²) in [7, 11) is 1.49. The first-order chi connectivity index (χ1) is 17.5. The number of rotatable bonds is 11. The van der Waals surface area contributed by atoms with E-state index >= 15 is 0 Å². The molecule has 0 spiro atoms. The summed E-state index contributed by atoms with van der Waals surface area (Å²) >= 11 is 0. The lowest BCUT2D eigenvalue weighted by atomic mass is 10.0. The molecule has 2 aromatic heterocycles. The number of nitrogens with two attached hydrogens (primary N) is 1. The smallest absolute Gasteiger partial charge is 0.410 e. The van der Waals surface area contributed by atoms with E-state index in [1.807, 2.05) is 37.3 Å². The van der Waals surface area contributed by atoms with E-state index < -0.39 is 23.8 Å². The number of ketones is 1. The van der Waals surface area contributed by atoms with Gasteiger partial charge < -0.3 is 25.4 Å². The first kappa shape index (κ1) is 27.8. The number of nitrogens with one attached hydrogen (secondary N) is 1. The molecule has 2 atom stereocenters. The normalized spacial score (nSPS) is 13.1. The molecule has 3 aromatic rings. The van der Waals surface area contributed by atoms with Gasteiger partial charge in [0.2, 0.25) is 5.91 Å². The van der Waals surface area contributed by atoms with Gasteiger partial charge in [-0.2, -0.15) is 0 Å². The molecule has 11 heteroatoms. The van der Waals surface area contributed by atoms with Crippen LogP contribution in [-0.2, 0) is 32.3 Å². The summed E-state index contributed by atoms with van der Waals surface area (Å²) in [5.74, 6) is -0.148. The molecule has 198 valence electrons. The Morgan fingerprint density at radius 3 is 2.43 bits per heavy atom. The van der Waals surface area contributed by atoms with Crippen LogP contribution >= 0.6 is 0 Å². The highest BCUT2D eigenvalue weighted by Crippen LogP contribution is 2.23. The van der Waals surface area contributed by atoms with Crippen LogP contribution in [0.15, 0.2) is 48.5 Å². The molecule has 11 nitrogen and oxygen atoms in total. The Hall–Kier alpha value is -3.83. The summed E-state index contributed by atoms with van der Waals surface area (Å²) in [5.41, 5.74) is 6.96. The zero-order valence-corrected chi connectivity index (χ0v) is 21.8. The summed E-state index contributed by atoms with van der Waals surface area (Å²) < 4.78 is 13.3. The highest BCUT2D eigenvalue weighted by molar-refractivity contribution is 5.85. The molecule has 0 aliphatic rings. The van der Waals surface area contributed by atoms with E-state index in [4.69, 9.17) is 15.2 Å². The fourth-order valence-electron chi connectivity index (χ4n) is 3.61. The Bertz CT molecular complexity index is 1240. The van der Waals surface area contributed by atoms with E-state index in [0.29, 0.717) is 23.8 Å². The van der Waals surface area contributed by atoms with Crippen LogP contribution in [0.3, 0.4) is 0 Å². The molecule has 0 aliphatic carbocycles. The van der Waals surface area contributed by atoms with E-state index in [0.717, 1.165) is 5.56 Å². The molecule has 0 radical (unpaired) electrons.